The SMILES string of the molecule is Cc1sc(=O)n(CC(=O)NC(CCO)C(C)C)c1C. The van der Waals surface area contributed by atoms with E-state index in [9.17, 15) is 9.59 Å². The first-order valence-corrected chi connectivity index (χ1v) is 7.25. The summed E-state index contributed by atoms with van der Waals surface area (Å²) in [6.07, 6.45) is 0.528. The zero-order valence-electron chi connectivity index (χ0n) is 11.9. The van der Waals surface area contributed by atoms with Gasteiger partial charge in [-0.05, 0) is 26.2 Å². The van der Waals surface area contributed by atoms with E-state index in [-0.39, 0.29) is 35.9 Å². The summed E-state index contributed by atoms with van der Waals surface area (Å²) in [5, 5.41) is 11.9. The highest BCUT2D eigenvalue weighted by Gasteiger charge is 2.17. The van der Waals surface area contributed by atoms with Gasteiger partial charge in [-0.1, -0.05) is 25.2 Å². The van der Waals surface area contributed by atoms with E-state index in [0.29, 0.717) is 6.42 Å². The summed E-state index contributed by atoms with van der Waals surface area (Å²) in [6, 6.07) is -0.0618. The number of thiazole rings is 1. The van der Waals surface area contributed by atoms with Crippen molar-refractivity contribution in [3.63, 3.8) is 0 Å². The smallest absolute Gasteiger partial charge is 0.308 e. The van der Waals surface area contributed by atoms with Crippen molar-refractivity contribution in [2.45, 2.75) is 46.7 Å². The van der Waals surface area contributed by atoms with Crippen LogP contribution in [0.2, 0.25) is 0 Å². The van der Waals surface area contributed by atoms with Gasteiger partial charge in [0.2, 0.25) is 5.91 Å². The van der Waals surface area contributed by atoms with Gasteiger partial charge in [-0.15, -0.1) is 0 Å². The molecule has 1 heterocycles. The van der Waals surface area contributed by atoms with E-state index >= 15 is 0 Å². The normalized spacial score (nSPS) is 12.7. The fourth-order valence-electron chi connectivity index (χ4n) is 1.88. The molecule has 0 aliphatic carbocycles. The van der Waals surface area contributed by atoms with Gasteiger partial charge in [-0.2, -0.15) is 0 Å². The molecule has 0 saturated heterocycles. The molecule has 0 aliphatic rings. The number of aliphatic hydroxyl groups excluding tert-OH is 1. The molecule has 0 radical (unpaired) electrons. The maximum absolute atomic E-state index is 12.0. The van der Waals surface area contributed by atoms with E-state index < -0.39 is 0 Å². The van der Waals surface area contributed by atoms with Crippen LogP contribution in [-0.4, -0.2) is 28.2 Å². The third-order valence-electron chi connectivity index (χ3n) is 3.27. The van der Waals surface area contributed by atoms with Crippen LogP contribution in [0.1, 0.15) is 30.8 Å². The fraction of sp³-hybridized carbons (Fsp3) is 0.692. The summed E-state index contributed by atoms with van der Waals surface area (Å²) in [4.78, 5) is 24.5. The molecule has 6 heteroatoms. The van der Waals surface area contributed by atoms with Crippen LogP contribution in [0.25, 0.3) is 0 Å². The Labute approximate surface area is 117 Å². The molecule has 0 spiro atoms. The van der Waals surface area contributed by atoms with E-state index in [1.807, 2.05) is 27.7 Å². The highest BCUT2D eigenvalue weighted by atomic mass is 32.1. The molecule has 5 nitrogen and oxygen atoms in total. The molecule has 1 aromatic rings. The van der Waals surface area contributed by atoms with Crippen LogP contribution < -0.4 is 10.2 Å². The van der Waals surface area contributed by atoms with Crippen LogP contribution >= 0.6 is 11.3 Å². The van der Waals surface area contributed by atoms with Gasteiger partial charge < -0.3 is 10.4 Å². The number of hydrogen-bond acceptors (Lipinski definition) is 4. The molecule has 1 aromatic heterocycles. The summed E-state index contributed by atoms with van der Waals surface area (Å²) in [6.45, 7) is 7.79. The molecule has 19 heavy (non-hydrogen) atoms. The quantitative estimate of drug-likeness (QED) is 0.821. The molecule has 2 N–H and O–H groups in total. The topological polar surface area (TPSA) is 71.3 Å². The number of carbonyl (C=O) groups excluding carboxylic acids is 1. The van der Waals surface area contributed by atoms with Crippen molar-refractivity contribution in [3.05, 3.63) is 20.2 Å². The molecule has 1 atom stereocenters. The molecule has 1 amide bonds. The van der Waals surface area contributed by atoms with Gasteiger partial charge >= 0.3 is 4.87 Å². The summed E-state index contributed by atoms with van der Waals surface area (Å²) in [5.41, 5.74) is 0.841. The Hall–Kier alpha value is -1.14. The van der Waals surface area contributed by atoms with Crippen LogP contribution in [0.3, 0.4) is 0 Å². The molecular formula is C13H22N2O3S. The summed E-state index contributed by atoms with van der Waals surface area (Å²) < 4.78 is 1.49. The second-order valence-electron chi connectivity index (χ2n) is 5.03. The Morgan fingerprint density at radius 3 is 2.47 bits per heavy atom. The summed E-state index contributed by atoms with van der Waals surface area (Å²) in [5.74, 6) is 0.0632. The number of carbonyl (C=O) groups is 1. The molecule has 0 saturated carbocycles. The van der Waals surface area contributed by atoms with Crippen LogP contribution in [0, 0.1) is 19.8 Å². The average molecular weight is 286 g/mol. The van der Waals surface area contributed by atoms with Crippen LogP contribution in [-0.2, 0) is 11.3 Å². The minimum atomic E-state index is -0.185. The van der Waals surface area contributed by atoms with Crippen molar-refractivity contribution in [1.82, 2.24) is 9.88 Å². The average Bonchev–Trinajstić information content (AvgIpc) is 2.55. The number of nitrogens with one attached hydrogen (secondary N) is 1. The highest BCUT2D eigenvalue weighted by Crippen LogP contribution is 2.10. The number of aromatic nitrogens is 1. The van der Waals surface area contributed by atoms with E-state index in [0.717, 1.165) is 21.9 Å². The number of amides is 1. The number of hydrogen-bond donors (Lipinski definition) is 2. The monoisotopic (exact) mass is 286 g/mol. The number of aliphatic hydroxyl groups is 1. The van der Waals surface area contributed by atoms with E-state index in [1.54, 1.807) is 0 Å². The van der Waals surface area contributed by atoms with Gasteiger partial charge in [0, 0.05) is 23.2 Å². The standard InChI is InChI=1S/C13H22N2O3S/c1-8(2)11(5-6-16)14-12(17)7-15-9(3)10(4)19-13(15)18/h8,11,16H,5-7H2,1-4H3,(H,14,17). The lowest BCUT2D eigenvalue weighted by Gasteiger charge is -2.21. The Balaban J connectivity index is 2.72. The molecular weight excluding hydrogens is 264 g/mol. The largest absolute Gasteiger partial charge is 0.396 e. The summed E-state index contributed by atoms with van der Waals surface area (Å²) >= 11 is 1.16. The van der Waals surface area contributed by atoms with Crippen LogP contribution in [0.5, 0.6) is 0 Å². The second-order valence-corrected chi connectivity index (χ2v) is 6.19. The van der Waals surface area contributed by atoms with Crippen molar-refractivity contribution in [3.8, 4) is 0 Å². The predicted octanol–water partition coefficient (Wildman–Crippen LogP) is 1.05. The highest BCUT2D eigenvalue weighted by molar-refractivity contribution is 7.09. The minimum Gasteiger partial charge on any atom is -0.396 e. The van der Waals surface area contributed by atoms with Gasteiger partial charge in [0.15, 0.2) is 0 Å². The molecule has 0 aliphatic heterocycles. The minimum absolute atomic E-state index is 0.0413. The van der Waals surface area contributed by atoms with Gasteiger partial charge in [-0.3, -0.25) is 14.2 Å². The number of rotatable bonds is 6. The van der Waals surface area contributed by atoms with Crippen molar-refractivity contribution in [2.75, 3.05) is 6.61 Å². The Kier molecular flexibility index (Phi) is 5.75. The Morgan fingerprint density at radius 1 is 1.42 bits per heavy atom. The first-order valence-electron chi connectivity index (χ1n) is 6.43. The zero-order chi connectivity index (χ0) is 14.6. The molecule has 1 rings (SSSR count). The Bertz CT molecular complexity index is 491. The zero-order valence-corrected chi connectivity index (χ0v) is 12.7. The maximum Gasteiger partial charge on any atom is 0.308 e. The van der Waals surface area contributed by atoms with Gasteiger partial charge in [-0.25, -0.2) is 0 Å². The third-order valence-corrected chi connectivity index (χ3v) is 4.26. The number of nitrogens with zero attached hydrogens (tertiary/aromatic N) is 1. The van der Waals surface area contributed by atoms with E-state index in [1.165, 1.54) is 4.57 Å². The fourth-order valence-corrected chi connectivity index (χ4v) is 2.71. The van der Waals surface area contributed by atoms with Gasteiger partial charge in [0.25, 0.3) is 0 Å². The first kappa shape index (κ1) is 15.9. The lowest BCUT2D eigenvalue weighted by atomic mass is 10.0. The van der Waals surface area contributed by atoms with Crippen LogP contribution in [0.4, 0.5) is 0 Å². The lowest BCUT2D eigenvalue weighted by Crippen LogP contribution is -2.41. The third kappa shape index (κ3) is 4.18. The van der Waals surface area contributed by atoms with Crippen molar-refractivity contribution < 1.29 is 9.90 Å². The molecule has 0 fully saturated rings. The number of aryl methyl sites for hydroxylation is 1. The Morgan fingerprint density at radius 2 is 2.05 bits per heavy atom. The maximum atomic E-state index is 12.0. The molecule has 0 bridgehead atoms. The van der Waals surface area contributed by atoms with Crippen molar-refractivity contribution in [2.24, 2.45) is 5.92 Å². The van der Waals surface area contributed by atoms with Gasteiger partial charge in [0.1, 0.15) is 6.54 Å². The van der Waals surface area contributed by atoms with E-state index in [4.69, 9.17) is 5.11 Å². The van der Waals surface area contributed by atoms with Crippen molar-refractivity contribution in [1.29, 1.82) is 0 Å². The molecule has 1 unspecified atom stereocenters. The lowest BCUT2D eigenvalue weighted by molar-refractivity contribution is -0.122. The van der Waals surface area contributed by atoms with Gasteiger partial charge in [0.05, 0.1) is 0 Å². The van der Waals surface area contributed by atoms with Crippen LogP contribution in [0.15, 0.2) is 4.79 Å². The first-order chi connectivity index (χ1) is 8.86. The predicted molar refractivity (Wildman–Crippen MR) is 76.5 cm³/mol. The summed E-state index contributed by atoms with van der Waals surface area (Å²) in [7, 11) is 0. The van der Waals surface area contributed by atoms with E-state index in [2.05, 4.69) is 5.32 Å². The van der Waals surface area contributed by atoms with Crippen molar-refractivity contribution >= 4 is 17.2 Å². The molecule has 0 aromatic carbocycles. The second kappa shape index (κ2) is 6.86. The molecule has 108 valence electrons.